The van der Waals surface area contributed by atoms with Crippen LogP contribution < -0.4 is 10.1 Å². The van der Waals surface area contributed by atoms with Gasteiger partial charge in [0.05, 0.1) is 30.9 Å². The van der Waals surface area contributed by atoms with Gasteiger partial charge in [-0.1, -0.05) is 30.3 Å². The van der Waals surface area contributed by atoms with Gasteiger partial charge in [-0.25, -0.2) is 8.42 Å². The summed E-state index contributed by atoms with van der Waals surface area (Å²) >= 11 is 1.58. The van der Waals surface area contributed by atoms with Crippen LogP contribution >= 0.6 is 11.3 Å². The molecule has 0 atom stereocenters. The third kappa shape index (κ3) is 5.51. The number of amides is 1. The minimum absolute atomic E-state index is 0.0928. The maximum absolute atomic E-state index is 13.0. The first kappa shape index (κ1) is 23.2. The highest BCUT2D eigenvalue weighted by molar-refractivity contribution is 7.89. The molecule has 33 heavy (non-hydrogen) atoms. The molecule has 1 fully saturated rings. The molecular weight excluding hydrogens is 460 g/mol. The third-order valence-electron chi connectivity index (χ3n) is 5.12. The zero-order valence-electron chi connectivity index (χ0n) is 18.1. The van der Waals surface area contributed by atoms with Crippen LogP contribution in [0.2, 0.25) is 0 Å². The summed E-state index contributed by atoms with van der Waals surface area (Å²) in [6.07, 6.45) is 3.15. The van der Waals surface area contributed by atoms with Crippen LogP contribution in [0.1, 0.15) is 4.88 Å². The fourth-order valence-electron chi connectivity index (χ4n) is 3.41. The Bertz CT molecular complexity index is 1250. The Hall–Kier alpha value is -2.98. The Labute approximate surface area is 197 Å². The summed E-state index contributed by atoms with van der Waals surface area (Å²) in [5.41, 5.74) is 1.41. The van der Waals surface area contributed by atoms with Crippen molar-refractivity contribution in [1.29, 1.82) is 0 Å². The average Bonchev–Trinajstić information content (AvgIpc) is 3.33. The van der Waals surface area contributed by atoms with Crippen LogP contribution in [0.25, 0.3) is 16.5 Å². The van der Waals surface area contributed by atoms with Crippen molar-refractivity contribution in [3.05, 3.63) is 71.6 Å². The van der Waals surface area contributed by atoms with Crippen molar-refractivity contribution < 1.29 is 22.7 Å². The molecule has 1 aliphatic rings. The van der Waals surface area contributed by atoms with Crippen molar-refractivity contribution in [3.63, 3.8) is 0 Å². The van der Waals surface area contributed by atoms with E-state index >= 15 is 0 Å². The van der Waals surface area contributed by atoms with Gasteiger partial charge in [0.25, 0.3) is 0 Å². The van der Waals surface area contributed by atoms with Crippen LogP contribution in [0.4, 0.5) is 5.69 Å². The second-order valence-electron chi connectivity index (χ2n) is 7.27. The van der Waals surface area contributed by atoms with Crippen molar-refractivity contribution in [3.8, 4) is 16.2 Å². The van der Waals surface area contributed by atoms with Gasteiger partial charge in [0, 0.05) is 28.9 Å². The molecule has 0 aliphatic carbocycles. The summed E-state index contributed by atoms with van der Waals surface area (Å²) in [6.45, 7) is 1.31. The predicted molar refractivity (Wildman–Crippen MR) is 130 cm³/mol. The van der Waals surface area contributed by atoms with E-state index in [0.29, 0.717) is 32.1 Å². The lowest BCUT2D eigenvalue weighted by atomic mass is 10.2. The molecule has 9 heteroatoms. The Morgan fingerprint density at radius 1 is 1.09 bits per heavy atom. The van der Waals surface area contributed by atoms with Crippen LogP contribution in [0, 0.1) is 0 Å². The minimum Gasteiger partial charge on any atom is -0.495 e. The maximum atomic E-state index is 13.0. The number of carbonyl (C=O) groups excluding carboxylic acids is 1. The fourth-order valence-corrected chi connectivity index (χ4v) is 5.76. The molecule has 2 heterocycles. The summed E-state index contributed by atoms with van der Waals surface area (Å²) in [5, 5.41) is 2.73. The number of carbonyl (C=O) groups is 1. The molecule has 0 unspecified atom stereocenters. The van der Waals surface area contributed by atoms with E-state index in [4.69, 9.17) is 9.47 Å². The number of ether oxygens (including phenoxy) is 2. The van der Waals surface area contributed by atoms with Crippen LogP contribution in [0.15, 0.2) is 71.6 Å². The molecule has 0 spiro atoms. The van der Waals surface area contributed by atoms with Gasteiger partial charge < -0.3 is 14.8 Å². The number of morpholine rings is 1. The van der Waals surface area contributed by atoms with Gasteiger partial charge in [-0.2, -0.15) is 4.31 Å². The molecule has 0 radical (unpaired) electrons. The van der Waals surface area contributed by atoms with E-state index in [1.165, 1.54) is 35.7 Å². The van der Waals surface area contributed by atoms with E-state index in [2.05, 4.69) is 5.32 Å². The molecular formula is C24H24N2O5S2. The Balaban J connectivity index is 1.49. The van der Waals surface area contributed by atoms with Gasteiger partial charge in [-0.05, 0) is 42.0 Å². The number of methoxy groups -OCH3 is 1. The van der Waals surface area contributed by atoms with Gasteiger partial charge in [-0.15, -0.1) is 11.3 Å². The quantitative estimate of drug-likeness (QED) is 0.511. The third-order valence-corrected chi connectivity index (χ3v) is 8.11. The van der Waals surface area contributed by atoms with Gasteiger partial charge in [0.15, 0.2) is 0 Å². The second-order valence-corrected chi connectivity index (χ2v) is 10.3. The van der Waals surface area contributed by atoms with Crippen molar-refractivity contribution in [2.45, 2.75) is 4.90 Å². The average molecular weight is 485 g/mol. The van der Waals surface area contributed by atoms with Gasteiger partial charge in [0.2, 0.25) is 15.9 Å². The van der Waals surface area contributed by atoms with E-state index < -0.39 is 10.0 Å². The minimum atomic E-state index is -3.69. The molecule has 0 bridgehead atoms. The van der Waals surface area contributed by atoms with Crippen molar-refractivity contribution in [2.24, 2.45) is 0 Å². The molecule has 3 aromatic rings. The molecule has 7 nitrogen and oxygen atoms in total. The summed E-state index contributed by atoms with van der Waals surface area (Å²) in [7, 11) is -2.23. The standard InChI is InChI=1S/C24H24N2O5S2/c1-30-22-10-9-20(33(28,29)26-13-15-31-16-14-26)17-21(22)25-24(27)12-8-19-7-11-23(32-19)18-5-3-2-4-6-18/h2-12,17H,13-16H2,1H3,(H,25,27)/b12-8+. The summed E-state index contributed by atoms with van der Waals surface area (Å²) < 4.78 is 37.9. The largest absolute Gasteiger partial charge is 0.495 e. The van der Waals surface area contributed by atoms with E-state index in [1.54, 1.807) is 17.4 Å². The SMILES string of the molecule is COc1ccc(S(=O)(=O)N2CCOCC2)cc1NC(=O)/C=C/c1ccc(-c2ccccc2)s1. The van der Waals surface area contributed by atoms with Gasteiger partial charge in [-0.3, -0.25) is 4.79 Å². The van der Waals surface area contributed by atoms with Gasteiger partial charge >= 0.3 is 0 Å². The number of sulfonamides is 1. The molecule has 2 aromatic carbocycles. The number of nitrogens with zero attached hydrogens (tertiary/aromatic N) is 1. The number of thiophene rings is 1. The highest BCUT2D eigenvalue weighted by Crippen LogP contribution is 2.30. The Morgan fingerprint density at radius 2 is 1.85 bits per heavy atom. The lowest BCUT2D eigenvalue weighted by Crippen LogP contribution is -2.40. The topological polar surface area (TPSA) is 84.9 Å². The summed E-state index contributed by atoms with van der Waals surface area (Å²) in [5.74, 6) is -0.0101. The molecule has 1 aromatic heterocycles. The smallest absolute Gasteiger partial charge is 0.248 e. The Kier molecular flexibility index (Phi) is 7.24. The number of nitrogens with one attached hydrogen (secondary N) is 1. The molecule has 1 N–H and O–H groups in total. The number of hydrogen-bond acceptors (Lipinski definition) is 6. The monoisotopic (exact) mass is 484 g/mol. The molecule has 0 saturated carbocycles. The van der Waals surface area contributed by atoms with Crippen LogP contribution in [0.5, 0.6) is 5.75 Å². The van der Waals surface area contributed by atoms with E-state index in [9.17, 15) is 13.2 Å². The zero-order valence-corrected chi connectivity index (χ0v) is 19.7. The van der Waals surface area contributed by atoms with E-state index in [0.717, 1.165) is 15.3 Å². The van der Waals surface area contributed by atoms with Crippen LogP contribution in [0.3, 0.4) is 0 Å². The van der Waals surface area contributed by atoms with Crippen molar-refractivity contribution in [2.75, 3.05) is 38.7 Å². The first-order chi connectivity index (χ1) is 16.0. The second kappa shape index (κ2) is 10.3. The number of anilines is 1. The highest BCUT2D eigenvalue weighted by Gasteiger charge is 2.27. The molecule has 4 rings (SSSR count). The number of hydrogen-bond donors (Lipinski definition) is 1. The van der Waals surface area contributed by atoms with E-state index in [1.807, 2.05) is 42.5 Å². The highest BCUT2D eigenvalue weighted by atomic mass is 32.2. The van der Waals surface area contributed by atoms with Crippen molar-refractivity contribution in [1.82, 2.24) is 4.31 Å². The van der Waals surface area contributed by atoms with Crippen LogP contribution in [-0.2, 0) is 19.6 Å². The van der Waals surface area contributed by atoms with Crippen LogP contribution in [-0.4, -0.2) is 52.0 Å². The van der Waals surface area contributed by atoms with E-state index in [-0.39, 0.29) is 16.5 Å². The number of benzene rings is 2. The van der Waals surface area contributed by atoms with Gasteiger partial charge in [0.1, 0.15) is 5.75 Å². The summed E-state index contributed by atoms with van der Waals surface area (Å²) in [4.78, 5) is 14.7. The molecule has 172 valence electrons. The predicted octanol–water partition coefficient (Wildman–Crippen LogP) is 4.10. The molecule has 1 amide bonds. The fraction of sp³-hybridized carbons (Fsp3) is 0.208. The van der Waals surface area contributed by atoms with Crippen molar-refractivity contribution >= 4 is 39.0 Å². The first-order valence-electron chi connectivity index (χ1n) is 10.4. The number of rotatable bonds is 7. The lowest BCUT2D eigenvalue weighted by molar-refractivity contribution is -0.111. The zero-order chi connectivity index (χ0) is 23.3. The lowest BCUT2D eigenvalue weighted by Gasteiger charge is -2.26. The molecule has 1 aliphatic heterocycles. The normalized spacial score (nSPS) is 14.9. The molecule has 1 saturated heterocycles. The summed E-state index contributed by atoms with van der Waals surface area (Å²) in [6, 6.07) is 18.4. The first-order valence-corrected chi connectivity index (χ1v) is 12.6. The Morgan fingerprint density at radius 3 is 2.58 bits per heavy atom. The maximum Gasteiger partial charge on any atom is 0.248 e.